The molecule has 1 heterocycles. The van der Waals surface area contributed by atoms with Gasteiger partial charge in [0, 0.05) is 23.2 Å². The molecule has 1 aromatic heterocycles. The van der Waals surface area contributed by atoms with Crippen molar-refractivity contribution in [1.82, 2.24) is 4.98 Å². The predicted octanol–water partition coefficient (Wildman–Crippen LogP) is 4.47. The average Bonchev–Trinajstić information content (AvgIpc) is 2.66. The van der Waals surface area contributed by atoms with Crippen molar-refractivity contribution in [2.75, 3.05) is 19.0 Å². The minimum absolute atomic E-state index is 0.271. The number of halogens is 3. The van der Waals surface area contributed by atoms with E-state index in [2.05, 4.69) is 15.0 Å². The highest BCUT2D eigenvalue weighted by molar-refractivity contribution is 5.92. The van der Waals surface area contributed by atoms with Crippen molar-refractivity contribution in [2.24, 2.45) is 0 Å². The minimum Gasteiger partial charge on any atom is -0.497 e. The molecule has 1 N–H and O–H groups in total. The van der Waals surface area contributed by atoms with E-state index in [1.54, 1.807) is 19.2 Å². The third-order valence-corrected chi connectivity index (χ3v) is 3.92. The zero-order valence-corrected chi connectivity index (χ0v) is 15.5. The first-order valence-corrected chi connectivity index (χ1v) is 8.47. The number of carbonyl (C=O) groups is 1. The normalized spacial score (nSPS) is 11.2. The van der Waals surface area contributed by atoms with E-state index in [0.29, 0.717) is 17.0 Å². The second kappa shape index (κ2) is 8.26. The highest BCUT2D eigenvalue weighted by Gasteiger charge is 2.30. The van der Waals surface area contributed by atoms with Crippen LogP contribution in [0.25, 0.3) is 10.9 Å². The Bertz CT molecular complexity index is 1020. The van der Waals surface area contributed by atoms with Gasteiger partial charge in [-0.3, -0.25) is 4.79 Å². The Morgan fingerprint density at radius 1 is 1.07 bits per heavy atom. The van der Waals surface area contributed by atoms with Gasteiger partial charge in [0.25, 0.3) is 5.91 Å². The van der Waals surface area contributed by atoms with Gasteiger partial charge in [-0.2, -0.15) is 0 Å². The first-order chi connectivity index (χ1) is 13.7. The van der Waals surface area contributed by atoms with Crippen LogP contribution < -0.4 is 19.5 Å². The van der Waals surface area contributed by atoms with Crippen LogP contribution in [0.4, 0.5) is 18.9 Å². The van der Waals surface area contributed by atoms with E-state index in [1.807, 2.05) is 19.1 Å². The Kier molecular flexibility index (Phi) is 5.76. The molecule has 0 saturated heterocycles. The van der Waals surface area contributed by atoms with Crippen LogP contribution in [0.2, 0.25) is 0 Å². The monoisotopic (exact) mass is 406 g/mol. The summed E-state index contributed by atoms with van der Waals surface area (Å²) >= 11 is 0. The number of carbonyl (C=O) groups excluding carboxylic acids is 1. The largest absolute Gasteiger partial charge is 0.573 e. The number of ether oxygens (including phenoxy) is 3. The number of nitrogens with one attached hydrogen (secondary N) is 1. The van der Waals surface area contributed by atoms with Gasteiger partial charge < -0.3 is 19.5 Å². The molecule has 0 bridgehead atoms. The molecule has 0 aliphatic rings. The smallest absolute Gasteiger partial charge is 0.497 e. The van der Waals surface area contributed by atoms with Crippen molar-refractivity contribution >= 4 is 22.5 Å². The summed E-state index contributed by atoms with van der Waals surface area (Å²) in [6.07, 6.45) is -4.77. The maximum atomic E-state index is 12.2. The third kappa shape index (κ3) is 5.50. The van der Waals surface area contributed by atoms with Crippen LogP contribution in [0.3, 0.4) is 0 Å². The molecule has 29 heavy (non-hydrogen) atoms. The van der Waals surface area contributed by atoms with Crippen molar-refractivity contribution < 1.29 is 32.2 Å². The molecule has 0 unspecified atom stereocenters. The lowest BCUT2D eigenvalue weighted by Gasteiger charge is -2.11. The molecule has 0 saturated carbocycles. The fraction of sp³-hybridized carbons (Fsp3) is 0.200. The first-order valence-electron chi connectivity index (χ1n) is 8.47. The summed E-state index contributed by atoms with van der Waals surface area (Å²) in [5, 5.41) is 3.46. The molecule has 3 aromatic rings. The van der Waals surface area contributed by atoms with Crippen LogP contribution in [-0.4, -0.2) is 31.0 Å². The summed E-state index contributed by atoms with van der Waals surface area (Å²) < 4.78 is 50.9. The highest BCUT2D eigenvalue weighted by atomic mass is 19.4. The number of hydrogen-bond acceptors (Lipinski definition) is 5. The highest BCUT2D eigenvalue weighted by Crippen LogP contribution is 2.26. The molecule has 9 heteroatoms. The molecule has 2 aromatic carbocycles. The van der Waals surface area contributed by atoms with Gasteiger partial charge in [-0.25, -0.2) is 4.98 Å². The van der Waals surface area contributed by atoms with Crippen LogP contribution in [0.5, 0.6) is 17.4 Å². The molecule has 0 aliphatic carbocycles. The number of anilines is 1. The van der Waals surface area contributed by atoms with E-state index < -0.39 is 12.3 Å². The number of hydrogen-bond donors (Lipinski definition) is 1. The van der Waals surface area contributed by atoms with Gasteiger partial charge in [0.15, 0.2) is 6.61 Å². The van der Waals surface area contributed by atoms with Crippen molar-refractivity contribution in [3.8, 4) is 17.4 Å². The molecule has 0 spiro atoms. The van der Waals surface area contributed by atoms with E-state index >= 15 is 0 Å². The Balaban J connectivity index is 1.61. The minimum atomic E-state index is -4.77. The van der Waals surface area contributed by atoms with E-state index in [9.17, 15) is 18.0 Å². The second-order valence-electron chi connectivity index (χ2n) is 6.07. The van der Waals surface area contributed by atoms with Crippen LogP contribution in [0, 0.1) is 6.92 Å². The molecule has 1 amide bonds. The topological polar surface area (TPSA) is 69.7 Å². The number of methoxy groups -OCH3 is 1. The Labute approximate surface area is 164 Å². The first kappa shape index (κ1) is 20.2. The Hall–Kier alpha value is -3.49. The Morgan fingerprint density at radius 3 is 2.41 bits per heavy atom. The number of aromatic nitrogens is 1. The van der Waals surface area contributed by atoms with E-state index in [-0.39, 0.29) is 18.2 Å². The van der Waals surface area contributed by atoms with Gasteiger partial charge >= 0.3 is 6.36 Å². The number of pyridine rings is 1. The molecular weight excluding hydrogens is 389 g/mol. The summed E-state index contributed by atoms with van der Waals surface area (Å²) in [4.78, 5) is 16.4. The van der Waals surface area contributed by atoms with E-state index in [1.165, 1.54) is 12.1 Å². The summed E-state index contributed by atoms with van der Waals surface area (Å²) in [6.45, 7) is 1.58. The molecule has 152 valence electrons. The average molecular weight is 406 g/mol. The number of aryl methyl sites for hydroxylation is 1. The molecule has 6 nitrogen and oxygen atoms in total. The molecular formula is C20H17F3N2O4. The summed E-state index contributed by atoms with van der Waals surface area (Å²) in [5.41, 5.74) is 1.90. The number of rotatable bonds is 6. The SMILES string of the molecule is COc1ccc2c(C)cc(OCC(=O)Nc3ccc(OC(F)(F)F)cc3)nc2c1. The molecule has 0 radical (unpaired) electrons. The Morgan fingerprint density at radius 2 is 1.76 bits per heavy atom. The summed E-state index contributed by atoms with van der Waals surface area (Å²) in [7, 11) is 1.56. The maximum Gasteiger partial charge on any atom is 0.573 e. The lowest BCUT2D eigenvalue weighted by atomic mass is 10.1. The van der Waals surface area contributed by atoms with E-state index in [0.717, 1.165) is 23.1 Å². The molecule has 0 fully saturated rings. The maximum absolute atomic E-state index is 12.2. The fourth-order valence-corrected chi connectivity index (χ4v) is 2.63. The number of benzene rings is 2. The lowest BCUT2D eigenvalue weighted by Crippen LogP contribution is -2.20. The molecule has 0 aliphatic heterocycles. The standard InChI is InChI=1S/C20H17F3N2O4/c1-12-9-19(25-17-10-15(27-2)7-8-16(12)17)28-11-18(26)24-13-3-5-14(6-4-13)29-20(21,22)23/h3-10H,11H2,1-2H3,(H,24,26). The quantitative estimate of drug-likeness (QED) is 0.654. The summed E-state index contributed by atoms with van der Waals surface area (Å²) in [6, 6.07) is 12.0. The van der Waals surface area contributed by atoms with Crippen molar-refractivity contribution in [3.05, 3.63) is 54.1 Å². The van der Waals surface area contributed by atoms with Crippen LogP contribution >= 0.6 is 0 Å². The second-order valence-corrected chi connectivity index (χ2v) is 6.07. The third-order valence-electron chi connectivity index (χ3n) is 3.92. The van der Waals surface area contributed by atoms with Gasteiger partial charge in [0.2, 0.25) is 5.88 Å². The molecule has 3 rings (SSSR count). The zero-order valence-electron chi connectivity index (χ0n) is 15.5. The zero-order chi connectivity index (χ0) is 21.0. The van der Waals surface area contributed by atoms with Gasteiger partial charge in [-0.15, -0.1) is 13.2 Å². The van der Waals surface area contributed by atoms with Gasteiger partial charge in [-0.1, -0.05) is 0 Å². The summed E-state index contributed by atoms with van der Waals surface area (Å²) in [5.74, 6) is 0.0577. The van der Waals surface area contributed by atoms with Gasteiger partial charge in [0.1, 0.15) is 11.5 Å². The number of fused-ring (bicyclic) bond motifs is 1. The number of nitrogens with zero attached hydrogens (tertiary/aromatic N) is 1. The van der Waals surface area contributed by atoms with Gasteiger partial charge in [-0.05, 0) is 48.9 Å². The van der Waals surface area contributed by atoms with Crippen LogP contribution in [0.1, 0.15) is 5.56 Å². The molecule has 0 atom stereocenters. The fourth-order valence-electron chi connectivity index (χ4n) is 2.63. The number of amides is 1. The predicted molar refractivity (Wildman–Crippen MR) is 100 cm³/mol. The van der Waals surface area contributed by atoms with E-state index in [4.69, 9.17) is 9.47 Å². The van der Waals surface area contributed by atoms with Crippen LogP contribution in [0.15, 0.2) is 48.5 Å². The lowest BCUT2D eigenvalue weighted by molar-refractivity contribution is -0.274. The van der Waals surface area contributed by atoms with Crippen molar-refractivity contribution in [3.63, 3.8) is 0 Å². The van der Waals surface area contributed by atoms with Crippen molar-refractivity contribution in [1.29, 1.82) is 0 Å². The van der Waals surface area contributed by atoms with Gasteiger partial charge in [0.05, 0.1) is 12.6 Å². The number of alkyl halides is 3. The van der Waals surface area contributed by atoms with Crippen LogP contribution in [-0.2, 0) is 4.79 Å². The van der Waals surface area contributed by atoms with Crippen molar-refractivity contribution in [2.45, 2.75) is 13.3 Å².